The number of pyridine rings is 1. The number of ether oxygens (including phenoxy) is 7. The van der Waals surface area contributed by atoms with E-state index in [4.69, 9.17) is 53.1 Å². The van der Waals surface area contributed by atoms with Gasteiger partial charge in [0.2, 0.25) is 11.8 Å². The summed E-state index contributed by atoms with van der Waals surface area (Å²) in [7, 11) is 4.87. The average molecular weight is 1480 g/mol. The molecule has 5 aliphatic rings. The molecule has 32 nitrogen and oxygen atoms in total. The lowest BCUT2D eigenvalue weighted by atomic mass is 9.85. The molecule has 101 heavy (non-hydrogen) atoms. The molecule has 0 spiro atoms. The smallest absolute Gasteiger partial charge is 0.358 e. The molecule has 5 aliphatic heterocycles. The molecule has 2 saturated heterocycles. The number of aromatic nitrogens is 7. The minimum absolute atomic E-state index is 0.000341. The third-order valence-electron chi connectivity index (χ3n) is 17.5. The van der Waals surface area contributed by atoms with Crippen molar-refractivity contribution in [2.24, 2.45) is 0 Å². The number of fused-ring (bicyclic) bond motifs is 15. The van der Waals surface area contributed by atoms with Gasteiger partial charge in [-0.25, -0.2) is 39.5 Å². The van der Waals surface area contributed by atoms with Crippen molar-refractivity contribution in [1.29, 1.82) is 0 Å². The Labute approximate surface area is 594 Å². The van der Waals surface area contributed by atoms with Gasteiger partial charge in [-0.2, -0.15) is 4.73 Å². The van der Waals surface area contributed by atoms with E-state index >= 15 is 19.2 Å². The summed E-state index contributed by atoms with van der Waals surface area (Å²) in [5, 5.41) is 69.4. The number of hydrogen-bond donors (Lipinski definition) is 9. The number of rotatable bonds is 10. The van der Waals surface area contributed by atoms with Gasteiger partial charge in [-0.15, -0.1) is 56.7 Å². The van der Waals surface area contributed by atoms with E-state index in [0.29, 0.717) is 42.3 Å². The molecule has 0 unspecified atom stereocenters. The van der Waals surface area contributed by atoms with Gasteiger partial charge in [-0.05, 0) is 59.5 Å². The fourth-order valence-corrected chi connectivity index (χ4v) is 16.9. The monoisotopic (exact) mass is 1480 g/mol. The van der Waals surface area contributed by atoms with Crippen LogP contribution in [0, 0.1) is 0 Å². The summed E-state index contributed by atoms with van der Waals surface area (Å²) in [5.41, 5.74) is -1.53. The Balaban J connectivity index is 0.957. The maximum Gasteiger partial charge on any atom is 0.358 e. The van der Waals surface area contributed by atoms with Gasteiger partial charge in [0.15, 0.2) is 18.1 Å². The number of nitrogens with zero attached hydrogens (tertiary/aromatic N) is 9. The second kappa shape index (κ2) is 29.3. The zero-order chi connectivity index (χ0) is 71.3. The highest BCUT2D eigenvalue weighted by atomic mass is 32.1. The fourth-order valence-electron chi connectivity index (χ4n) is 12.7. The van der Waals surface area contributed by atoms with Gasteiger partial charge in [0.05, 0.1) is 75.1 Å². The number of aliphatic hydroxyl groups is 2. The van der Waals surface area contributed by atoms with E-state index in [2.05, 4.69) is 36.6 Å². The molecule has 2 fully saturated rings. The van der Waals surface area contributed by atoms with Crippen LogP contribution in [0.5, 0.6) is 5.75 Å². The zero-order valence-electron chi connectivity index (χ0n) is 55.0. The van der Waals surface area contributed by atoms with E-state index < -0.39 is 122 Å². The molecule has 0 radical (unpaired) electrons. The van der Waals surface area contributed by atoms with Crippen molar-refractivity contribution in [3.8, 4) is 38.4 Å². The number of allylic oxidation sites excluding steroid dienone is 1. The topological polar surface area (TPSA) is 414 Å². The highest BCUT2D eigenvalue weighted by Gasteiger charge is 2.50. The first kappa shape index (κ1) is 70.6. The van der Waals surface area contributed by atoms with Gasteiger partial charge in [-0.1, -0.05) is 12.1 Å². The Bertz CT molecular complexity index is 4570. The minimum Gasteiger partial charge on any atom is -0.506 e. The third kappa shape index (κ3) is 14.6. The molecule has 532 valence electrons. The van der Waals surface area contributed by atoms with Crippen LogP contribution >= 0.6 is 56.7 Å². The van der Waals surface area contributed by atoms with Crippen LogP contribution < -0.4 is 26.6 Å². The summed E-state index contributed by atoms with van der Waals surface area (Å²) in [5.74, 6) is -6.32. The normalized spacial score (nSPS) is 24.9. The molecule has 5 amide bonds. The molecule has 7 aromatic heterocycles. The molecule has 13 rings (SSSR count). The molecule has 0 aliphatic carbocycles. The Morgan fingerprint density at radius 3 is 2.27 bits per heavy atom. The first-order valence-electron chi connectivity index (χ1n) is 31.7. The molecule has 8 aromatic rings. The molecular weight excluding hydrogens is 1410 g/mol. The number of amides is 5. The highest BCUT2D eigenvalue weighted by molar-refractivity contribution is 7.14. The molecular formula is C64H68N14O18S5. The lowest BCUT2D eigenvalue weighted by molar-refractivity contribution is -0.280. The molecule has 12 bridgehead atoms. The third-order valence-corrected chi connectivity index (χ3v) is 22.0. The Hall–Kier alpha value is -8.83. The number of carbonyl (C=O) groups excluding carboxylic acids is 7. The summed E-state index contributed by atoms with van der Waals surface area (Å²) in [6.07, 6.45) is -7.46. The molecule has 9 N–H and O–H groups in total. The van der Waals surface area contributed by atoms with Crippen LogP contribution in [0.3, 0.4) is 0 Å². The van der Waals surface area contributed by atoms with Crippen molar-refractivity contribution in [2.75, 3.05) is 60.7 Å². The number of esters is 2. The number of cyclic esters (lactones) is 2. The van der Waals surface area contributed by atoms with Gasteiger partial charge in [0.1, 0.15) is 114 Å². The quantitative estimate of drug-likeness (QED) is 0.0528. The number of carbonyl (C=O) groups is 7. The predicted molar refractivity (Wildman–Crippen MR) is 363 cm³/mol. The van der Waals surface area contributed by atoms with Crippen molar-refractivity contribution in [3.63, 3.8) is 0 Å². The maximum absolute atomic E-state index is 15.2. The van der Waals surface area contributed by atoms with Crippen LogP contribution in [0.2, 0.25) is 0 Å². The Morgan fingerprint density at radius 2 is 1.52 bits per heavy atom. The number of methoxy groups -OCH3 is 1. The second-order valence-corrected chi connectivity index (χ2v) is 29.2. The number of hydrogen-bond acceptors (Lipinski definition) is 31. The Morgan fingerprint density at radius 1 is 0.842 bits per heavy atom. The largest absolute Gasteiger partial charge is 0.506 e. The zero-order valence-corrected chi connectivity index (χ0v) is 59.1. The lowest BCUT2D eigenvalue weighted by Crippen LogP contribution is -2.62. The highest BCUT2D eigenvalue weighted by Crippen LogP contribution is 2.43. The first-order chi connectivity index (χ1) is 48.4. The van der Waals surface area contributed by atoms with Crippen molar-refractivity contribution < 1.29 is 87.2 Å². The van der Waals surface area contributed by atoms with Gasteiger partial charge >= 0.3 is 11.9 Å². The van der Waals surface area contributed by atoms with Crippen molar-refractivity contribution in [1.82, 2.24) is 71.0 Å². The summed E-state index contributed by atoms with van der Waals surface area (Å²) in [6, 6.07) is 0.902. The van der Waals surface area contributed by atoms with Crippen molar-refractivity contribution in [3.05, 3.63) is 112 Å². The minimum atomic E-state index is -1.90. The maximum atomic E-state index is 15.2. The first-order valence-corrected chi connectivity index (χ1v) is 36.1. The van der Waals surface area contributed by atoms with Crippen LogP contribution in [0.4, 0.5) is 0 Å². The van der Waals surface area contributed by atoms with E-state index in [1.54, 1.807) is 55.7 Å². The van der Waals surface area contributed by atoms with Crippen LogP contribution in [0.15, 0.2) is 56.9 Å². The van der Waals surface area contributed by atoms with Gasteiger partial charge < -0.3 is 85.2 Å². The van der Waals surface area contributed by atoms with E-state index in [9.17, 15) is 34.9 Å². The van der Waals surface area contributed by atoms with Crippen molar-refractivity contribution in [2.45, 2.75) is 114 Å². The molecule has 10 atom stereocenters. The van der Waals surface area contributed by atoms with E-state index in [0.717, 1.165) is 56.7 Å². The standard InChI is InChI=1S/C64H68N14O18S5/c1-27(79)44-56(85)74-45(28(2)90-7)59-70-38(26-100-59)55(84)75-48-50-51(96-42-16-64(4,88)52(76(5)6)29(3)95-42)63(87)93-19-30-9-8-10-39-43(30)33(20-92-50)49(78(39)89)62(86)94-21-34(67-53(82)36-25-101-61(48)71-36)58-68-35(23-99-58)46-32(57-69-37(24-98-57)54(83)73-44)15-40(80)47(72-46)60-66-31(22-97-60)17-65-41(81)18-77-11-13-91-14-12-77/h8-10,15,22-27,29,34,42,44,48,50-52,79-80,88-89H,11-14,16-21H2,1-7H3,(H,65,81)(H,67,82)(H,73,83)(H,74,85)(H,75,84)/b45-28+/t27-,29+,34+,42+,44+,48+,50+,51+,52-,64+/m1/s1. The Kier molecular flexibility index (Phi) is 20.5. The molecule has 0 saturated carbocycles. The lowest BCUT2D eigenvalue weighted by Gasteiger charge is -2.48. The fraction of sp³-hybridized carbons (Fsp3) is 0.422. The number of aliphatic hydroxyl groups excluding tert-OH is 1. The summed E-state index contributed by atoms with van der Waals surface area (Å²) in [4.78, 5) is 135. The molecule has 12 heterocycles. The van der Waals surface area contributed by atoms with Crippen molar-refractivity contribution >= 4 is 115 Å². The van der Waals surface area contributed by atoms with Crippen LogP contribution in [0.25, 0.3) is 49.3 Å². The van der Waals surface area contributed by atoms with E-state index in [1.165, 1.54) is 49.2 Å². The van der Waals surface area contributed by atoms with Gasteiger partial charge in [0, 0.05) is 62.9 Å². The second-order valence-electron chi connectivity index (χ2n) is 24.8. The van der Waals surface area contributed by atoms with Crippen LogP contribution in [-0.4, -0.2) is 215 Å². The summed E-state index contributed by atoms with van der Waals surface area (Å²) >= 11 is 4.87. The molecule has 37 heteroatoms. The number of benzene rings is 1. The van der Waals surface area contributed by atoms with Gasteiger partial charge in [-0.3, -0.25) is 28.9 Å². The van der Waals surface area contributed by atoms with Crippen LogP contribution in [-0.2, 0) is 67.3 Å². The number of likely N-dealkylation sites (N-methyl/N-ethyl adjacent to an activating group) is 1. The summed E-state index contributed by atoms with van der Waals surface area (Å²) < 4.78 is 43.8. The van der Waals surface area contributed by atoms with Gasteiger partial charge in [0.25, 0.3) is 17.7 Å². The number of aromatic hydroxyl groups is 1. The number of thiazole rings is 5. The predicted octanol–water partition coefficient (Wildman–Crippen LogP) is 4.11. The number of morpholine rings is 1. The van der Waals surface area contributed by atoms with Crippen LogP contribution in [0.1, 0.15) is 120 Å². The molecule has 1 aromatic carbocycles. The number of nitrogens with one attached hydrogen (secondary N) is 5. The summed E-state index contributed by atoms with van der Waals surface area (Å²) in [6.45, 7) is 6.84. The average Bonchev–Trinajstić information content (AvgIpc) is 1.64. The van der Waals surface area contributed by atoms with E-state index in [-0.39, 0.29) is 124 Å². The van der Waals surface area contributed by atoms with E-state index in [1.807, 2.05) is 4.90 Å². The SMILES string of the molecule is CO/C(C)=C1/NC(=O)[C@H]([C@@H](C)O)NC(=O)c2csc(n2)-c2cc(O)c(-c3nc(CNC(=O)CN4CCOCC4)cs3)nc2-c2csc(n2)[C@@H]2COC(=O)c3c4c5c(cccc5n3O)COC(=O)[C@@H](O[C@H]3C[C@](C)(O)[C@H](N(C)C)[C@H](C)O3)[C@@H](OC4)[C@H](NC(=O)c3csc1n3)c1nc(cs1)C(=O)N2.